The molecule has 2 rings (SSSR count). The summed E-state index contributed by atoms with van der Waals surface area (Å²) in [4.78, 5) is 23.2. The number of benzene rings is 1. The molecule has 0 fully saturated rings. The van der Waals surface area contributed by atoms with Crippen molar-refractivity contribution in [1.82, 2.24) is 15.1 Å². The van der Waals surface area contributed by atoms with E-state index in [0.29, 0.717) is 6.54 Å². The number of rotatable bonds is 5. The highest BCUT2D eigenvalue weighted by Crippen LogP contribution is 2.13. The maximum atomic E-state index is 12.0. The van der Waals surface area contributed by atoms with Crippen molar-refractivity contribution < 1.29 is 9.53 Å². The van der Waals surface area contributed by atoms with E-state index in [1.54, 1.807) is 0 Å². The first-order chi connectivity index (χ1) is 10.5. The molecule has 22 heavy (non-hydrogen) atoms. The lowest BCUT2D eigenvalue weighted by molar-refractivity contribution is 0.0943. The Hall–Kier alpha value is -2.63. The van der Waals surface area contributed by atoms with E-state index in [2.05, 4.69) is 10.4 Å². The largest absolute Gasteiger partial charge is 0.491 e. The van der Waals surface area contributed by atoms with Gasteiger partial charge >= 0.3 is 0 Å². The summed E-state index contributed by atoms with van der Waals surface area (Å²) in [5, 5.41) is 6.67. The molecule has 6 nitrogen and oxygen atoms in total. The third-order valence-corrected chi connectivity index (χ3v) is 2.94. The minimum absolute atomic E-state index is 0.126. The van der Waals surface area contributed by atoms with Crippen molar-refractivity contribution in [2.24, 2.45) is 7.05 Å². The Kier molecular flexibility index (Phi) is 4.93. The van der Waals surface area contributed by atoms with Gasteiger partial charge in [0.25, 0.3) is 11.5 Å². The first-order valence-corrected chi connectivity index (χ1v) is 7.04. The minimum Gasteiger partial charge on any atom is -0.491 e. The van der Waals surface area contributed by atoms with Gasteiger partial charge in [-0.2, -0.15) is 5.10 Å². The first-order valence-electron chi connectivity index (χ1n) is 7.04. The molecule has 0 atom stereocenters. The lowest BCUT2D eigenvalue weighted by Gasteiger charge is -2.10. The molecule has 0 radical (unpaired) electrons. The molecule has 1 aromatic heterocycles. The summed E-state index contributed by atoms with van der Waals surface area (Å²) >= 11 is 0. The van der Waals surface area contributed by atoms with Crippen molar-refractivity contribution in [2.75, 3.05) is 0 Å². The molecule has 2 aromatic rings. The van der Waals surface area contributed by atoms with E-state index < -0.39 is 0 Å². The molecule has 0 bridgehead atoms. The molecule has 0 aliphatic rings. The van der Waals surface area contributed by atoms with Crippen molar-refractivity contribution in [3.8, 4) is 5.75 Å². The number of aryl methyl sites for hydroxylation is 1. The highest BCUT2D eigenvalue weighted by molar-refractivity contribution is 5.91. The number of carbonyl (C=O) groups is 1. The zero-order valence-electron chi connectivity index (χ0n) is 12.9. The Balaban J connectivity index is 1.95. The summed E-state index contributed by atoms with van der Waals surface area (Å²) in [6.07, 6.45) is 0.126. The van der Waals surface area contributed by atoms with Gasteiger partial charge in [0.15, 0.2) is 0 Å². The molecule has 0 spiro atoms. The summed E-state index contributed by atoms with van der Waals surface area (Å²) in [7, 11) is 1.51. The van der Waals surface area contributed by atoms with E-state index in [4.69, 9.17) is 4.74 Å². The third-order valence-electron chi connectivity index (χ3n) is 2.94. The first kappa shape index (κ1) is 15.8. The fourth-order valence-electron chi connectivity index (χ4n) is 1.85. The van der Waals surface area contributed by atoms with Gasteiger partial charge < -0.3 is 10.1 Å². The van der Waals surface area contributed by atoms with E-state index in [1.807, 2.05) is 38.1 Å². The number of hydrogen-bond donors (Lipinski definition) is 1. The molecular formula is C16H19N3O3. The van der Waals surface area contributed by atoms with E-state index in [0.717, 1.165) is 16.0 Å². The van der Waals surface area contributed by atoms with Gasteiger partial charge in [-0.3, -0.25) is 9.59 Å². The van der Waals surface area contributed by atoms with Gasteiger partial charge in [0.2, 0.25) is 0 Å². The van der Waals surface area contributed by atoms with Crippen LogP contribution in [0.15, 0.2) is 41.2 Å². The number of ether oxygens (including phenoxy) is 1. The fraction of sp³-hybridized carbons (Fsp3) is 0.312. The monoisotopic (exact) mass is 301 g/mol. The molecule has 0 saturated carbocycles. The molecule has 1 aromatic carbocycles. The summed E-state index contributed by atoms with van der Waals surface area (Å²) < 4.78 is 6.69. The Morgan fingerprint density at radius 3 is 2.50 bits per heavy atom. The molecule has 0 unspecified atom stereocenters. The smallest absolute Gasteiger partial charge is 0.271 e. The molecule has 0 aliphatic carbocycles. The van der Waals surface area contributed by atoms with E-state index >= 15 is 0 Å². The Morgan fingerprint density at radius 2 is 1.91 bits per heavy atom. The van der Waals surface area contributed by atoms with Gasteiger partial charge in [0, 0.05) is 19.7 Å². The molecule has 116 valence electrons. The molecule has 1 N–H and O–H groups in total. The van der Waals surface area contributed by atoms with Crippen LogP contribution >= 0.6 is 0 Å². The number of nitrogens with zero attached hydrogens (tertiary/aromatic N) is 2. The van der Waals surface area contributed by atoms with Gasteiger partial charge in [0.05, 0.1) is 6.10 Å². The topological polar surface area (TPSA) is 73.2 Å². The van der Waals surface area contributed by atoms with Gasteiger partial charge in [-0.05, 0) is 37.6 Å². The number of hydrogen-bond acceptors (Lipinski definition) is 4. The second-order valence-corrected chi connectivity index (χ2v) is 5.17. The maximum Gasteiger partial charge on any atom is 0.271 e. The van der Waals surface area contributed by atoms with Gasteiger partial charge in [-0.15, -0.1) is 0 Å². The highest BCUT2D eigenvalue weighted by atomic mass is 16.5. The second kappa shape index (κ2) is 6.89. The van der Waals surface area contributed by atoms with Crippen LogP contribution in [0.4, 0.5) is 0 Å². The average Bonchev–Trinajstić information content (AvgIpc) is 2.48. The maximum absolute atomic E-state index is 12.0. The van der Waals surface area contributed by atoms with Crippen molar-refractivity contribution in [1.29, 1.82) is 0 Å². The van der Waals surface area contributed by atoms with E-state index in [9.17, 15) is 9.59 Å². The number of aromatic nitrogens is 2. The number of nitrogens with one attached hydrogen (secondary N) is 1. The van der Waals surface area contributed by atoms with Gasteiger partial charge in [0.1, 0.15) is 11.4 Å². The predicted molar refractivity (Wildman–Crippen MR) is 82.9 cm³/mol. The van der Waals surface area contributed by atoms with Crippen molar-refractivity contribution in [3.05, 3.63) is 58.0 Å². The summed E-state index contributed by atoms with van der Waals surface area (Å²) in [5.74, 6) is 0.475. The number of carbonyl (C=O) groups excluding carboxylic acids is 1. The highest BCUT2D eigenvalue weighted by Gasteiger charge is 2.08. The normalized spacial score (nSPS) is 10.5. The third kappa shape index (κ3) is 4.18. The van der Waals surface area contributed by atoms with Crippen molar-refractivity contribution in [2.45, 2.75) is 26.5 Å². The minimum atomic E-state index is -0.321. The second-order valence-electron chi connectivity index (χ2n) is 5.17. The molecule has 1 heterocycles. The van der Waals surface area contributed by atoms with Gasteiger partial charge in [-0.25, -0.2) is 4.68 Å². The van der Waals surface area contributed by atoms with Crippen LogP contribution in [0.3, 0.4) is 0 Å². The SMILES string of the molecule is CC(C)Oc1ccc(CNC(=O)c2ccc(=O)n(C)n2)cc1. The summed E-state index contributed by atoms with van der Waals surface area (Å²) in [5.41, 5.74) is 0.911. The van der Waals surface area contributed by atoms with E-state index in [1.165, 1.54) is 19.2 Å². The molecule has 6 heteroatoms. The lowest BCUT2D eigenvalue weighted by Crippen LogP contribution is -2.28. The van der Waals surface area contributed by atoms with E-state index in [-0.39, 0.29) is 23.3 Å². The van der Waals surface area contributed by atoms with Crippen LogP contribution in [0.5, 0.6) is 5.75 Å². The zero-order chi connectivity index (χ0) is 16.1. The zero-order valence-corrected chi connectivity index (χ0v) is 12.9. The quantitative estimate of drug-likeness (QED) is 0.908. The van der Waals surface area contributed by atoms with Gasteiger partial charge in [-0.1, -0.05) is 12.1 Å². The summed E-state index contributed by atoms with van der Waals surface area (Å²) in [6, 6.07) is 10.3. The van der Waals surface area contributed by atoms with Crippen molar-refractivity contribution >= 4 is 5.91 Å². The molecule has 1 amide bonds. The van der Waals surface area contributed by atoms with Crippen LogP contribution in [-0.2, 0) is 13.6 Å². The van der Waals surface area contributed by atoms with Crippen LogP contribution in [-0.4, -0.2) is 21.8 Å². The Morgan fingerprint density at radius 1 is 1.23 bits per heavy atom. The lowest BCUT2D eigenvalue weighted by atomic mass is 10.2. The van der Waals surface area contributed by atoms with Crippen LogP contribution in [0, 0.1) is 0 Å². The Bertz CT molecular complexity index is 705. The molecule has 0 aliphatic heterocycles. The van der Waals surface area contributed by atoms with Crippen molar-refractivity contribution in [3.63, 3.8) is 0 Å². The van der Waals surface area contributed by atoms with Crippen LogP contribution in [0.2, 0.25) is 0 Å². The predicted octanol–water partition coefficient (Wildman–Crippen LogP) is 1.50. The number of amides is 1. The standard InChI is InChI=1S/C16H19N3O3/c1-11(2)22-13-6-4-12(5-7-13)10-17-16(21)14-8-9-15(20)19(3)18-14/h4-9,11H,10H2,1-3H3,(H,17,21). The molecular weight excluding hydrogens is 282 g/mol. The van der Waals surface area contributed by atoms with Crippen LogP contribution in [0.25, 0.3) is 0 Å². The van der Waals surface area contributed by atoms with Crippen LogP contribution in [0.1, 0.15) is 29.9 Å². The fourth-order valence-corrected chi connectivity index (χ4v) is 1.85. The summed E-state index contributed by atoms with van der Waals surface area (Å²) in [6.45, 7) is 4.31. The molecule has 0 saturated heterocycles. The van der Waals surface area contributed by atoms with Crippen LogP contribution < -0.4 is 15.6 Å². The average molecular weight is 301 g/mol. The Labute approximate surface area is 128 Å².